The molecule has 0 fully saturated rings. The van der Waals surface area contributed by atoms with Crippen molar-refractivity contribution in [1.29, 1.82) is 0 Å². The number of hydrogen-bond donors (Lipinski definition) is 0. The Balaban J connectivity index is 2.05. The number of benzene rings is 2. The molecule has 218 valence electrons. The van der Waals surface area contributed by atoms with Crippen LogP contribution in [0.2, 0.25) is 18.1 Å². The third kappa shape index (κ3) is 11.6. The van der Waals surface area contributed by atoms with Crippen molar-refractivity contribution in [1.82, 2.24) is 0 Å². The van der Waals surface area contributed by atoms with Gasteiger partial charge in [-0.2, -0.15) is 0 Å². The van der Waals surface area contributed by atoms with E-state index in [1.54, 1.807) is 14.0 Å². The van der Waals surface area contributed by atoms with Crippen LogP contribution < -0.4 is 4.74 Å². The number of rotatable bonds is 17. The van der Waals surface area contributed by atoms with Crippen LogP contribution in [0.15, 0.2) is 54.6 Å². The van der Waals surface area contributed by atoms with E-state index in [1.165, 1.54) is 5.56 Å². The van der Waals surface area contributed by atoms with Gasteiger partial charge in [0.05, 0.1) is 39.1 Å². The molecule has 0 aliphatic heterocycles. The van der Waals surface area contributed by atoms with Crippen molar-refractivity contribution in [2.45, 2.75) is 104 Å². The first-order chi connectivity index (χ1) is 18.3. The van der Waals surface area contributed by atoms with Crippen LogP contribution in [0.5, 0.6) is 5.75 Å². The predicted octanol–water partition coefficient (Wildman–Crippen LogP) is 8.22. The second-order valence-corrected chi connectivity index (χ2v) is 17.3. The van der Waals surface area contributed by atoms with Crippen LogP contribution in [0.3, 0.4) is 0 Å². The van der Waals surface area contributed by atoms with E-state index in [9.17, 15) is 4.79 Å². The fraction of sp³-hybridized carbons (Fsp3) is 0.606. The van der Waals surface area contributed by atoms with Crippen molar-refractivity contribution >= 4 is 14.1 Å². The lowest BCUT2D eigenvalue weighted by atomic mass is 9.89. The molecule has 0 unspecified atom stereocenters. The zero-order chi connectivity index (χ0) is 29.1. The summed E-state index contributed by atoms with van der Waals surface area (Å²) in [7, 11) is -0.337. The van der Waals surface area contributed by atoms with E-state index in [1.807, 2.05) is 42.5 Å². The summed E-state index contributed by atoms with van der Waals surface area (Å²) in [6, 6.07) is 18.2. The number of carbonyl (C=O) groups excluding carboxylic acids is 1. The Morgan fingerprint density at radius 3 is 2.05 bits per heavy atom. The minimum Gasteiger partial charge on any atom is -0.497 e. The Bertz CT molecular complexity index is 968. The van der Waals surface area contributed by atoms with Crippen molar-refractivity contribution in [2.24, 2.45) is 11.8 Å². The van der Waals surface area contributed by atoms with E-state index in [-0.39, 0.29) is 28.9 Å². The molecule has 0 bridgehead atoms. The van der Waals surface area contributed by atoms with Crippen molar-refractivity contribution in [3.05, 3.63) is 65.7 Å². The molecule has 6 heteroatoms. The van der Waals surface area contributed by atoms with Gasteiger partial charge in [-0.3, -0.25) is 4.79 Å². The Labute approximate surface area is 238 Å². The molecule has 0 heterocycles. The van der Waals surface area contributed by atoms with Crippen LogP contribution in [-0.2, 0) is 31.9 Å². The summed E-state index contributed by atoms with van der Waals surface area (Å²) >= 11 is 0. The number of hydrogen-bond acceptors (Lipinski definition) is 5. The first kappa shape index (κ1) is 33.2. The molecule has 2 aromatic carbocycles. The SMILES string of the molecule is COc1ccc(CO[C@@H](CC[C@@H](C)[C@H](O[Si](C)(C)C(C)(C)C)[C@H](C)COCc2ccccc2)CC(C)=O)cc1. The van der Waals surface area contributed by atoms with E-state index >= 15 is 0 Å². The Morgan fingerprint density at radius 1 is 0.872 bits per heavy atom. The average Bonchev–Trinajstić information content (AvgIpc) is 2.88. The second kappa shape index (κ2) is 15.7. The smallest absolute Gasteiger partial charge is 0.192 e. The highest BCUT2D eigenvalue weighted by atomic mass is 28.4. The fourth-order valence-corrected chi connectivity index (χ4v) is 5.95. The number of ketones is 1. The zero-order valence-electron chi connectivity index (χ0n) is 25.8. The number of carbonyl (C=O) groups is 1. The maximum atomic E-state index is 12.0. The van der Waals surface area contributed by atoms with E-state index < -0.39 is 8.32 Å². The minimum absolute atomic E-state index is 0.0706. The van der Waals surface area contributed by atoms with E-state index in [0.717, 1.165) is 24.2 Å². The van der Waals surface area contributed by atoms with Crippen LogP contribution in [0.1, 0.15) is 71.9 Å². The van der Waals surface area contributed by atoms with Crippen molar-refractivity contribution in [2.75, 3.05) is 13.7 Å². The summed E-state index contributed by atoms with van der Waals surface area (Å²) in [5.41, 5.74) is 2.25. The molecule has 0 radical (unpaired) electrons. The van der Waals surface area contributed by atoms with Gasteiger partial charge >= 0.3 is 0 Å². The van der Waals surface area contributed by atoms with Crippen LogP contribution in [-0.4, -0.2) is 40.0 Å². The van der Waals surface area contributed by atoms with Gasteiger partial charge in [0, 0.05) is 12.3 Å². The number of Topliss-reactive ketones (excluding diaryl/α,β-unsaturated/α-hetero) is 1. The molecule has 5 nitrogen and oxygen atoms in total. The lowest BCUT2D eigenvalue weighted by Crippen LogP contribution is -2.48. The van der Waals surface area contributed by atoms with Gasteiger partial charge < -0.3 is 18.6 Å². The molecular weight excluding hydrogens is 504 g/mol. The monoisotopic (exact) mass is 556 g/mol. The third-order valence-corrected chi connectivity index (χ3v) is 12.4. The van der Waals surface area contributed by atoms with Crippen LogP contribution in [0.25, 0.3) is 0 Å². The topological polar surface area (TPSA) is 54.0 Å². The van der Waals surface area contributed by atoms with Gasteiger partial charge in [0.2, 0.25) is 0 Å². The lowest BCUT2D eigenvalue weighted by Gasteiger charge is -2.43. The van der Waals surface area contributed by atoms with Gasteiger partial charge in [0.25, 0.3) is 0 Å². The predicted molar refractivity (Wildman–Crippen MR) is 163 cm³/mol. The molecule has 0 aliphatic carbocycles. The molecule has 0 spiro atoms. The van der Waals surface area contributed by atoms with Crippen LogP contribution >= 0.6 is 0 Å². The van der Waals surface area contributed by atoms with Gasteiger partial charge in [0.1, 0.15) is 11.5 Å². The fourth-order valence-electron chi connectivity index (χ4n) is 4.46. The van der Waals surface area contributed by atoms with E-state index in [4.69, 9.17) is 18.6 Å². The zero-order valence-corrected chi connectivity index (χ0v) is 26.8. The lowest BCUT2D eigenvalue weighted by molar-refractivity contribution is -0.120. The van der Waals surface area contributed by atoms with Gasteiger partial charge in [-0.1, -0.05) is 77.1 Å². The highest BCUT2D eigenvalue weighted by Gasteiger charge is 2.41. The minimum atomic E-state index is -2.00. The summed E-state index contributed by atoms with van der Waals surface area (Å²) in [4.78, 5) is 12.0. The van der Waals surface area contributed by atoms with Gasteiger partial charge in [0.15, 0.2) is 8.32 Å². The van der Waals surface area contributed by atoms with Crippen molar-refractivity contribution in [3.63, 3.8) is 0 Å². The summed E-state index contributed by atoms with van der Waals surface area (Å²) < 4.78 is 24.7. The molecule has 0 amide bonds. The van der Waals surface area contributed by atoms with Crippen molar-refractivity contribution < 1.29 is 23.4 Å². The molecule has 0 aromatic heterocycles. The average molecular weight is 557 g/mol. The van der Waals surface area contributed by atoms with Gasteiger partial charge in [-0.25, -0.2) is 0 Å². The van der Waals surface area contributed by atoms with Crippen molar-refractivity contribution in [3.8, 4) is 5.75 Å². The third-order valence-electron chi connectivity index (χ3n) is 7.95. The van der Waals surface area contributed by atoms with E-state index in [0.29, 0.717) is 32.2 Å². The summed E-state index contributed by atoms with van der Waals surface area (Å²) in [5.74, 6) is 1.51. The first-order valence-corrected chi connectivity index (χ1v) is 17.3. The normalized spacial score (nSPS) is 15.4. The molecule has 2 aromatic rings. The van der Waals surface area contributed by atoms with Crippen LogP contribution in [0.4, 0.5) is 0 Å². The molecule has 4 atom stereocenters. The Morgan fingerprint density at radius 2 is 1.49 bits per heavy atom. The molecule has 0 saturated heterocycles. The maximum Gasteiger partial charge on any atom is 0.192 e. The van der Waals surface area contributed by atoms with Gasteiger partial charge in [-0.05, 0) is 67.1 Å². The number of ether oxygens (including phenoxy) is 3. The molecule has 39 heavy (non-hydrogen) atoms. The standard InChI is InChI=1S/C33H52O5Si/c1-25(15-18-31(21-27(3)34)37-24-29-16-19-30(35-7)20-17-29)32(38-39(8,9)33(4,5)6)26(2)22-36-23-28-13-11-10-12-14-28/h10-14,16-17,19-20,25-26,31-32H,15,18,21-24H2,1-9H3/t25-,26-,31+,32+/m1/s1. The Kier molecular flexibility index (Phi) is 13.4. The highest BCUT2D eigenvalue weighted by Crippen LogP contribution is 2.40. The molecular formula is C33H52O5Si. The quantitative estimate of drug-likeness (QED) is 0.184. The molecule has 0 saturated carbocycles. The largest absolute Gasteiger partial charge is 0.497 e. The van der Waals surface area contributed by atoms with Crippen LogP contribution in [0, 0.1) is 11.8 Å². The Hall–Kier alpha value is -1.99. The first-order valence-electron chi connectivity index (χ1n) is 14.4. The molecule has 2 rings (SSSR count). The van der Waals surface area contributed by atoms with Gasteiger partial charge in [-0.15, -0.1) is 0 Å². The maximum absolute atomic E-state index is 12.0. The molecule has 0 aliphatic rings. The van der Waals surface area contributed by atoms with E-state index in [2.05, 4.69) is 59.8 Å². The highest BCUT2D eigenvalue weighted by molar-refractivity contribution is 6.74. The number of methoxy groups -OCH3 is 1. The second-order valence-electron chi connectivity index (χ2n) is 12.6. The molecule has 0 N–H and O–H groups in total. The summed E-state index contributed by atoms with van der Waals surface area (Å²) in [5, 5.41) is 0.119. The summed E-state index contributed by atoms with van der Waals surface area (Å²) in [6.45, 7) is 19.4. The summed E-state index contributed by atoms with van der Waals surface area (Å²) in [6.07, 6.45) is 2.10.